The van der Waals surface area contributed by atoms with Crippen LogP contribution in [0.3, 0.4) is 0 Å². The zero-order valence-electron chi connectivity index (χ0n) is 28.7. The second-order valence-electron chi connectivity index (χ2n) is 11.5. The summed E-state index contributed by atoms with van der Waals surface area (Å²) >= 11 is 0. The molecule has 0 bridgehead atoms. The summed E-state index contributed by atoms with van der Waals surface area (Å²) in [7, 11) is 2.72. The number of carbonyl (C=O) groups is 2. The van der Waals surface area contributed by atoms with Gasteiger partial charge in [-0.3, -0.25) is 19.7 Å². The Balaban J connectivity index is 0.000000251. The van der Waals surface area contributed by atoms with E-state index < -0.39 is 18.1 Å². The predicted molar refractivity (Wildman–Crippen MR) is 181 cm³/mol. The molecule has 0 aromatic heterocycles. The van der Waals surface area contributed by atoms with Gasteiger partial charge in [-0.1, -0.05) is 26.0 Å². The topological polar surface area (TPSA) is 154 Å². The molecule has 1 N–H and O–H groups in total. The number of rotatable bonds is 13. The van der Waals surface area contributed by atoms with E-state index in [1.165, 1.54) is 43.5 Å². The number of amides is 2. The van der Waals surface area contributed by atoms with Crippen molar-refractivity contribution in [2.45, 2.75) is 59.3 Å². The molecule has 3 aromatic carbocycles. The molecular formula is C35H37F4N5O8. The molecule has 52 heavy (non-hydrogen) atoms. The molecule has 2 aliphatic rings. The standard InChI is InChI=1S/C21H21F2N3O5.C14H16F2N2O3/c1-3-14-11-19(27)25(12-13-4-7-16(8-5-13)26(28)29)24-20(14)15-6-9-17(31-21(22)23)18(10-15)30-2;1-3-8-7-12(19)17-18-13(8)9-4-5-10(21-14(15)16)11(6-9)20-2/h4-10,14,21H,3,11-12H2,1-2H3;4-6,8,14H,3,7H2,1-2H3,(H,17,19). The number of methoxy groups -OCH3 is 2. The molecule has 0 saturated heterocycles. The Bertz CT molecular complexity index is 1810. The van der Waals surface area contributed by atoms with Crippen LogP contribution in [0, 0.1) is 22.0 Å². The van der Waals surface area contributed by atoms with Gasteiger partial charge < -0.3 is 18.9 Å². The van der Waals surface area contributed by atoms with Gasteiger partial charge in [0.2, 0.25) is 11.8 Å². The molecule has 2 amide bonds. The zero-order chi connectivity index (χ0) is 37.9. The monoisotopic (exact) mass is 731 g/mol. The van der Waals surface area contributed by atoms with Crippen molar-refractivity contribution in [1.29, 1.82) is 0 Å². The summed E-state index contributed by atoms with van der Waals surface area (Å²) in [5, 5.41) is 20.7. The summed E-state index contributed by atoms with van der Waals surface area (Å²) in [6.45, 7) is -1.85. The van der Waals surface area contributed by atoms with Gasteiger partial charge in [-0.15, -0.1) is 0 Å². The quantitative estimate of drug-likeness (QED) is 0.113. The largest absolute Gasteiger partial charge is 0.493 e. The van der Waals surface area contributed by atoms with Crippen molar-refractivity contribution in [1.82, 2.24) is 10.4 Å². The van der Waals surface area contributed by atoms with Gasteiger partial charge in [0.15, 0.2) is 23.0 Å². The summed E-state index contributed by atoms with van der Waals surface area (Å²) in [5.41, 5.74) is 5.76. The Kier molecular flexibility index (Phi) is 13.5. The number of nitrogens with one attached hydrogen (secondary N) is 1. The maximum absolute atomic E-state index is 12.6. The number of nitro benzene ring substituents is 1. The Morgan fingerprint density at radius 2 is 1.33 bits per heavy atom. The number of hydrogen-bond donors (Lipinski definition) is 1. The molecule has 0 fully saturated rings. The minimum Gasteiger partial charge on any atom is -0.493 e. The lowest BCUT2D eigenvalue weighted by atomic mass is 9.89. The van der Waals surface area contributed by atoms with E-state index in [1.807, 2.05) is 13.8 Å². The third-order valence-electron chi connectivity index (χ3n) is 8.26. The molecule has 3 aromatic rings. The third-order valence-corrected chi connectivity index (χ3v) is 8.26. The van der Waals surface area contributed by atoms with Gasteiger partial charge in [0.25, 0.3) is 5.69 Å². The van der Waals surface area contributed by atoms with E-state index in [0.717, 1.165) is 6.42 Å². The summed E-state index contributed by atoms with van der Waals surface area (Å²) in [4.78, 5) is 34.3. The van der Waals surface area contributed by atoms with Gasteiger partial charge in [0.05, 0.1) is 37.1 Å². The first-order chi connectivity index (χ1) is 24.9. The predicted octanol–water partition coefficient (Wildman–Crippen LogP) is 6.91. The number of non-ortho nitro benzene ring substituents is 1. The Morgan fingerprint density at radius 1 is 0.808 bits per heavy atom. The summed E-state index contributed by atoms with van der Waals surface area (Å²) in [6.07, 6.45) is 2.00. The van der Waals surface area contributed by atoms with Crippen LogP contribution in [0.25, 0.3) is 0 Å². The van der Waals surface area contributed by atoms with E-state index in [9.17, 15) is 37.3 Å². The van der Waals surface area contributed by atoms with E-state index >= 15 is 0 Å². The van der Waals surface area contributed by atoms with Gasteiger partial charge in [0.1, 0.15) is 0 Å². The molecule has 2 atom stereocenters. The lowest BCUT2D eigenvalue weighted by Crippen LogP contribution is -2.36. The number of benzene rings is 3. The Hall–Kier alpha value is -5.74. The van der Waals surface area contributed by atoms with Crippen LogP contribution in [0.4, 0.5) is 23.2 Å². The first-order valence-corrected chi connectivity index (χ1v) is 16.1. The van der Waals surface area contributed by atoms with Crippen molar-refractivity contribution in [3.05, 3.63) is 87.5 Å². The van der Waals surface area contributed by atoms with E-state index in [4.69, 9.17) is 9.47 Å². The highest BCUT2D eigenvalue weighted by molar-refractivity contribution is 6.07. The van der Waals surface area contributed by atoms with Crippen molar-refractivity contribution in [2.24, 2.45) is 22.0 Å². The number of halogens is 4. The molecule has 0 saturated carbocycles. The number of nitro groups is 1. The fraction of sp³-hybridized carbons (Fsp3) is 0.371. The smallest absolute Gasteiger partial charge is 0.387 e. The van der Waals surface area contributed by atoms with Crippen LogP contribution in [0.1, 0.15) is 56.2 Å². The number of ether oxygens (including phenoxy) is 4. The second-order valence-corrected chi connectivity index (χ2v) is 11.5. The van der Waals surface area contributed by atoms with Crippen molar-refractivity contribution >= 4 is 28.9 Å². The van der Waals surface area contributed by atoms with Gasteiger partial charge >= 0.3 is 13.2 Å². The van der Waals surface area contributed by atoms with Gasteiger partial charge in [-0.2, -0.15) is 27.8 Å². The summed E-state index contributed by atoms with van der Waals surface area (Å²) in [6, 6.07) is 15.0. The molecule has 278 valence electrons. The van der Waals surface area contributed by atoms with E-state index in [0.29, 0.717) is 41.0 Å². The van der Waals surface area contributed by atoms with Crippen LogP contribution < -0.4 is 24.4 Å². The van der Waals surface area contributed by atoms with E-state index in [1.54, 1.807) is 36.4 Å². The normalized spacial score (nSPS) is 17.1. The molecule has 13 nitrogen and oxygen atoms in total. The first kappa shape index (κ1) is 39.1. The van der Waals surface area contributed by atoms with Crippen molar-refractivity contribution < 1.29 is 51.0 Å². The highest BCUT2D eigenvalue weighted by Crippen LogP contribution is 2.34. The highest BCUT2D eigenvalue weighted by Gasteiger charge is 2.30. The lowest BCUT2D eigenvalue weighted by molar-refractivity contribution is -0.384. The zero-order valence-corrected chi connectivity index (χ0v) is 28.7. The van der Waals surface area contributed by atoms with Crippen molar-refractivity contribution in [3.8, 4) is 23.0 Å². The van der Waals surface area contributed by atoms with Gasteiger partial charge in [0, 0.05) is 47.9 Å². The molecule has 2 unspecified atom stereocenters. The molecule has 2 heterocycles. The minimum atomic E-state index is -2.98. The fourth-order valence-electron chi connectivity index (χ4n) is 5.59. The average molecular weight is 732 g/mol. The first-order valence-electron chi connectivity index (χ1n) is 16.1. The Labute approximate surface area is 296 Å². The molecule has 0 spiro atoms. The van der Waals surface area contributed by atoms with Crippen LogP contribution >= 0.6 is 0 Å². The molecule has 17 heteroatoms. The Morgan fingerprint density at radius 3 is 1.81 bits per heavy atom. The molecule has 0 radical (unpaired) electrons. The lowest BCUT2D eigenvalue weighted by Gasteiger charge is -2.29. The third kappa shape index (κ3) is 9.95. The summed E-state index contributed by atoms with van der Waals surface area (Å²) in [5.74, 6) is -0.253. The van der Waals surface area contributed by atoms with Crippen molar-refractivity contribution in [2.75, 3.05) is 14.2 Å². The van der Waals surface area contributed by atoms with E-state index in [2.05, 4.69) is 25.1 Å². The van der Waals surface area contributed by atoms with Gasteiger partial charge in [-0.05, 0) is 54.8 Å². The van der Waals surface area contributed by atoms with E-state index in [-0.39, 0.29) is 65.3 Å². The number of alkyl halides is 4. The van der Waals surface area contributed by atoms with Crippen LogP contribution in [0.15, 0.2) is 70.9 Å². The molecule has 0 aliphatic carbocycles. The number of carbonyl (C=O) groups excluding carboxylic acids is 2. The number of hydrazone groups is 2. The fourth-order valence-corrected chi connectivity index (χ4v) is 5.59. The van der Waals surface area contributed by atoms with Crippen LogP contribution in [0.5, 0.6) is 23.0 Å². The van der Waals surface area contributed by atoms with Crippen LogP contribution in [-0.4, -0.2) is 60.6 Å². The van der Waals surface area contributed by atoms with Crippen molar-refractivity contribution in [3.63, 3.8) is 0 Å². The van der Waals surface area contributed by atoms with Crippen LogP contribution in [0.2, 0.25) is 0 Å². The average Bonchev–Trinajstić information content (AvgIpc) is 3.12. The maximum atomic E-state index is 12.6. The second kappa shape index (κ2) is 18.0. The minimum absolute atomic E-state index is 0.00896. The molecule has 5 rings (SSSR count). The number of hydrogen-bond acceptors (Lipinski definition) is 10. The SMILES string of the molecule is CCC1CC(=O)N(Cc2ccc([N+](=O)[O-])cc2)N=C1c1ccc(OC(F)F)c(OC)c1.CCC1CC(=O)NN=C1c1ccc(OC(F)F)c(OC)c1. The van der Waals surface area contributed by atoms with Crippen LogP contribution in [-0.2, 0) is 16.1 Å². The summed E-state index contributed by atoms with van der Waals surface area (Å²) < 4.78 is 68.9. The molecule has 2 aliphatic heterocycles. The highest BCUT2D eigenvalue weighted by atomic mass is 19.3. The van der Waals surface area contributed by atoms with Gasteiger partial charge in [-0.25, -0.2) is 10.4 Å². The number of nitrogens with zero attached hydrogens (tertiary/aromatic N) is 4. The maximum Gasteiger partial charge on any atom is 0.387 e. The molecular weight excluding hydrogens is 694 g/mol.